The van der Waals surface area contributed by atoms with Crippen LogP contribution < -0.4 is 0 Å². The Morgan fingerprint density at radius 1 is 1.24 bits per heavy atom. The Morgan fingerprint density at radius 3 is 2.53 bits per heavy atom. The van der Waals surface area contributed by atoms with Crippen LogP contribution in [0.5, 0.6) is 0 Å². The molecule has 90 valence electrons. The molecule has 0 aliphatic rings. The van der Waals surface area contributed by atoms with E-state index in [1.165, 1.54) is 11.8 Å². The van der Waals surface area contributed by atoms with Gasteiger partial charge in [-0.3, -0.25) is 0 Å². The van der Waals surface area contributed by atoms with Gasteiger partial charge in [0, 0.05) is 5.75 Å². The first-order valence-corrected chi connectivity index (χ1v) is 6.34. The minimum atomic E-state index is -0.715. The first-order valence-electron chi connectivity index (χ1n) is 5.36. The van der Waals surface area contributed by atoms with Crippen molar-refractivity contribution in [2.24, 2.45) is 0 Å². The summed E-state index contributed by atoms with van der Waals surface area (Å²) in [6.45, 7) is 1.67. The smallest absolute Gasteiger partial charge is 0.118 e. The first kappa shape index (κ1) is 12.3. The SMILES string of the molecule is Cc1nc2ccccc2nc1SCC(O)CO. The van der Waals surface area contributed by atoms with Crippen molar-refractivity contribution in [2.45, 2.75) is 18.1 Å². The second kappa shape index (κ2) is 5.44. The van der Waals surface area contributed by atoms with Crippen LogP contribution in [0.25, 0.3) is 11.0 Å². The summed E-state index contributed by atoms with van der Waals surface area (Å²) in [6.07, 6.45) is -0.715. The number of thioether (sulfide) groups is 1. The molecule has 4 nitrogen and oxygen atoms in total. The lowest BCUT2D eigenvalue weighted by Gasteiger charge is -2.08. The van der Waals surface area contributed by atoms with Gasteiger partial charge in [0.1, 0.15) is 5.03 Å². The molecule has 2 aromatic rings. The third-order valence-electron chi connectivity index (χ3n) is 2.32. The Balaban J connectivity index is 2.25. The third-order valence-corrected chi connectivity index (χ3v) is 3.54. The molecule has 2 N–H and O–H groups in total. The lowest BCUT2D eigenvalue weighted by atomic mass is 10.3. The van der Waals surface area contributed by atoms with Crippen LogP contribution in [0.3, 0.4) is 0 Å². The highest BCUT2D eigenvalue weighted by molar-refractivity contribution is 7.99. The molecular weight excluding hydrogens is 236 g/mol. The van der Waals surface area contributed by atoms with Crippen LogP contribution in [-0.4, -0.2) is 38.6 Å². The zero-order valence-corrected chi connectivity index (χ0v) is 10.3. The van der Waals surface area contributed by atoms with E-state index in [1.807, 2.05) is 31.2 Å². The Hall–Kier alpha value is -1.17. The van der Waals surface area contributed by atoms with Gasteiger partial charge in [-0.1, -0.05) is 12.1 Å². The summed E-state index contributed by atoms with van der Waals surface area (Å²) in [5.74, 6) is 0.421. The average molecular weight is 250 g/mol. The van der Waals surface area contributed by atoms with Crippen LogP contribution in [0.1, 0.15) is 5.69 Å². The summed E-state index contributed by atoms with van der Waals surface area (Å²) in [4.78, 5) is 8.94. The summed E-state index contributed by atoms with van der Waals surface area (Å²) in [6, 6.07) is 7.68. The van der Waals surface area contributed by atoms with E-state index < -0.39 is 6.10 Å². The molecule has 0 saturated carbocycles. The largest absolute Gasteiger partial charge is 0.394 e. The highest BCUT2D eigenvalue weighted by atomic mass is 32.2. The van der Waals surface area contributed by atoms with Crippen LogP contribution in [0.15, 0.2) is 29.3 Å². The average Bonchev–Trinajstić information content (AvgIpc) is 2.35. The van der Waals surface area contributed by atoms with Gasteiger partial charge in [0.05, 0.1) is 29.4 Å². The minimum absolute atomic E-state index is 0.229. The molecule has 0 bridgehead atoms. The van der Waals surface area contributed by atoms with Gasteiger partial charge in [0.2, 0.25) is 0 Å². The van der Waals surface area contributed by atoms with Gasteiger partial charge in [0.25, 0.3) is 0 Å². The van der Waals surface area contributed by atoms with Crippen molar-refractivity contribution in [2.75, 3.05) is 12.4 Å². The Labute approximate surface area is 104 Å². The fourth-order valence-electron chi connectivity index (χ4n) is 1.44. The van der Waals surface area contributed by atoms with Crippen molar-refractivity contribution >= 4 is 22.8 Å². The van der Waals surface area contributed by atoms with Crippen LogP contribution in [0.4, 0.5) is 0 Å². The molecule has 1 aromatic carbocycles. The van der Waals surface area contributed by atoms with Gasteiger partial charge in [-0.15, -0.1) is 11.8 Å². The topological polar surface area (TPSA) is 66.2 Å². The summed E-state index contributed by atoms with van der Waals surface area (Å²) in [7, 11) is 0. The molecule has 0 aliphatic carbocycles. The molecule has 1 aromatic heterocycles. The van der Waals surface area contributed by atoms with Crippen molar-refractivity contribution in [3.63, 3.8) is 0 Å². The number of rotatable bonds is 4. The number of para-hydroxylation sites is 2. The van der Waals surface area contributed by atoms with Crippen molar-refractivity contribution in [1.29, 1.82) is 0 Å². The molecule has 0 fully saturated rings. The molecular formula is C12H14N2O2S. The molecule has 0 saturated heterocycles. The molecule has 0 amide bonds. The molecule has 5 heteroatoms. The Bertz CT molecular complexity index is 519. The highest BCUT2D eigenvalue weighted by Gasteiger charge is 2.08. The van der Waals surface area contributed by atoms with E-state index in [1.54, 1.807) is 0 Å². The first-order chi connectivity index (χ1) is 8.20. The van der Waals surface area contributed by atoms with Crippen LogP contribution in [-0.2, 0) is 0 Å². The second-order valence-electron chi connectivity index (χ2n) is 3.75. The second-order valence-corrected chi connectivity index (χ2v) is 4.76. The molecule has 0 radical (unpaired) electrons. The number of aryl methyl sites for hydroxylation is 1. The Morgan fingerprint density at radius 2 is 1.88 bits per heavy atom. The van der Waals surface area contributed by atoms with Crippen LogP contribution >= 0.6 is 11.8 Å². The zero-order chi connectivity index (χ0) is 12.3. The van der Waals surface area contributed by atoms with Gasteiger partial charge < -0.3 is 10.2 Å². The lowest BCUT2D eigenvalue weighted by molar-refractivity contribution is 0.113. The number of fused-ring (bicyclic) bond motifs is 1. The van der Waals surface area contributed by atoms with Gasteiger partial charge in [-0.25, -0.2) is 9.97 Å². The maximum Gasteiger partial charge on any atom is 0.118 e. The summed E-state index contributed by atoms with van der Waals surface area (Å²) in [5.41, 5.74) is 2.56. The highest BCUT2D eigenvalue weighted by Crippen LogP contribution is 2.22. The number of hydrogen-bond donors (Lipinski definition) is 2. The number of nitrogens with zero attached hydrogens (tertiary/aromatic N) is 2. The number of aliphatic hydroxyl groups is 2. The summed E-state index contributed by atoms with van der Waals surface area (Å²) >= 11 is 1.41. The Kier molecular flexibility index (Phi) is 3.93. The molecule has 1 atom stereocenters. The molecule has 0 aliphatic heterocycles. The van der Waals surface area contributed by atoms with Gasteiger partial charge in [0.15, 0.2) is 0 Å². The standard InChI is InChI=1S/C12H14N2O2S/c1-8-12(17-7-9(16)6-15)14-11-5-3-2-4-10(11)13-8/h2-5,9,15-16H,6-7H2,1H3. The predicted octanol–water partition coefficient (Wildman–Crippen LogP) is 1.38. The van der Waals surface area contributed by atoms with Crippen molar-refractivity contribution < 1.29 is 10.2 Å². The molecule has 2 rings (SSSR count). The van der Waals surface area contributed by atoms with Crippen molar-refractivity contribution in [3.05, 3.63) is 30.0 Å². The lowest BCUT2D eigenvalue weighted by Crippen LogP contribution is -2.14. The van der Waals surface area contributed by atoms with Gasteiger partial charge in [-0.05, 0) is 19.1 Å². The van der Waals surface area contributed by atoms with E-state index in [2.05, 4.69) is 9.97 Å². The van der Waals surface area contributed by atoms with Crippen LogP contribution in [0, 0.1) is 6.92 Å². The number of benzene rings is 1. The third kappa shape index (κ3) is 2.94. The van der Waals surface area contributed by atoms with E-state index in [0.717, 1.165) is 21.8 Å². The maximum absolute atomic E-state index is 9.30. The van der Waals surface area contributed by atoms with E-state index in [0.29, 0.717) is 5.75 Å². The number of aromatic nitrogens is 2. The number of hydrogen-bond acceptors (Lipinski definition) is 5. The fraction of sp³-hybridized carbons (Fsp3) is 0.333. The molecule has 1 heterocycles. The predicted molar refractivity (Wildman–Crippen MR) is 68.1 cm³/mol. The normalized spacial score (nSPS) is 12.9. The van der Waals surface area contributed by atoms with Gasteiger partial charge >= 0.3 is 0 Å². The summed E-state index contributed by atoms with van der Waals surface area (Å²) in [5, 5.41) is 18.9. The number of aliphatic hydroxyl groups excluding tert-OH is 2. The van der Waals surface area contributed by atoms with Crippen molar-refractivity contribution in [3.8, 4) is 0 Å². The minimum Gasteiger partial charge on any atom is -0.394 e. The molecule has 17 heavy (non-hydrogen) atoms. The van der Waals surface area contributed by atoms with E-state index >= 15 is 0 Å². The van der Waals surface area contributed by atoms with E-state index in [4.69, 9.17) is 5.11 Å². The maximum atomic E-state index is 9.30. The monoisotopic (exact) mass is 250 g/mol. The molecule has 0 spiro atoms. The quantitative estimate of drug-likeness (QED) is 0.803. The van der Waals surface area contributed by atoms with E-state index in [-0.39, 0.29) is 6.61 Å². The molecule has 1 unspecified atom stereocenters. The zero-order valence-electron chi connectivity index (χ0n) is 9.50. The fourth-order valence-corrected chi connectivity index (χ4v) is 2.31. The summed E-state index contributed by atoms with van der Waals surface area (Å²) < 4.78 is 0. The van der Waals surface area contributed by atoms with E-state index in [9.17, 15) is 5.11 Å². The van der Waals surface area contributed by atoms with Crippen LogP contribution in [0.2, 0.25) is 0 Å². The van der Waals surface area contributed by atoms with Crippen molar-refractivity contribution in [1.82, 2.24) is 9.97 Å². The van der Waals surface area contributed by atoms with Gasteiger partial charge in [-0.2, -0.15) is 0 Å².